The maximum atomic E-state index is 15.3. The van der Waals surface area contributed by atoms with Gasteiger partial charge in [0.1, 0.15) is 11.2 Å². The molecule has 6 aromatic rings. The number of amides is 1. The summed E-state index contributed by atoms with van der Waals surface area (Å²) in [5.74, 6) is 0.111. The molecule has 0 aliphatic heterocycles. The minimum Gasteiger partial charge on any atom is -0.335 e. The lowest BCUT2D eigenvalue weighted by Gasteiger charge is -2.20. The molecule has 0 spiro atoms. The van der Waals surface area contributed by atoms with Gasteiger partial charge in [-0.05, 0) is 61.7 Å². The molecular formula is C30H26FN7OS. The fourth-order valence-corrected chi connectivity index (χ4v) is 6.41. The lowest BCUT2D eigenvalue weighted by atomic mass is 9.88. The Morgan fingerprint density at radius 1 is 1.07 bits per heavy atom. The van der Waals surface area contributed by atoms with Crippen molar-refractivity contribution in [3.05, 3.63) is 65.7 Å². The number of carbonyl (C=O) groups is 1. The van der Waals surface area contributed by atoms with Gasteiger partial charge >= 0.3 is 0 Å². The molecule has 1 fully saturated rings. The summed E-state index contributed by atoms with van der Waals surface area (Å²) in [5.41, 5.74) is 5.09. The number of pyridine rings is 2. The SMILES string of the molecule is Cc1ccc(-c2ccnc3nc(-c4[nH]nc5c(F)cc(-c6cncc(NC(=O)C7CCCCC7)c6)cc45)[nH]c23)s1. The van der Waals surface area contributed by atoms with Crippen molar-refractivity contribution in [3.8, 4) is 33.1 Å². The maximum absolute atomic E-state index is 15.3. The van der Waals surface area contributed by atoms with E-state index in [0.717, 1.165) is 41.6 Å². The van der Waals surface area contributed by atoms with Crippen LogP contribution in [0, 0.1) is 18.7 Å². The van der Waals surface area contributed by atoms with Crippen LogP contribution in [0.2, 0.25) is 0 Å². The van der Waals surface area contributed by atoms with Crippen molar-refractivity contribution in [2.45, 2.75) is 39.0 Å². The number of aryl methyl sites for hydroxylation is 1. The summed E-state index contributed by atoms with van der Waals surface area (Å²) < 4.78 is 15.3. The monoisotopic (exact) mass is 551 g/mol. The topological polar surface area (TPSA) is 112 Å². The summed E-state index contributed by atoms with van der Waals surface area (Å²) in [6.45, 7) is 2.07. The predicted octanol–water partition coefficient (Wildman–Crippen LogP) is 7.26. The summed E-state index contributed by atoms with van der Waals surface area (Å²) in [6.07, 6.45) is 10.2. The molecule has 0 atom stereocenters. The van der Waals surface area contributed by atoms with Crippen molar-refractivity contribution in [3.63, 3.8) is 0 Å². The number of hydrogen-bond donors (Lipinski definition) is 3. The molecule has 1 aliphatic rings. The standard InChI is InChI=1S/C30H26FN7OS/c1-16-7-8-24(40-16)21-9-10-33-28-26(21)35-29(36-28)27-22-12-18(13-23(31)25(22)37-38-27)19-11-20(15-32-14-19)34-30(39)17-5-3-2-4-6-17/h7-15,17H,2-6H2,1H3,(H,34,39)(H,37,38)(H,33,35,36). The quantitative estimate of drug-likeness (QED) is 0.209. The van der Waals surface area contributed by atoms with E-state index in [-0.39, 0.29) is 17.3 Å². The molecule has 8 nitrogen and oxygen atoms in total. The average molecular weight is 552 g/mol. The smallest absolute Gasteiger partial charge is 0.227 e. The first-order chi connectivity index (χ1) is 19.5. The number of hydrogen-bond acceptors (Lipinski definition) is 6. The zero-order chi connectivity index (χ0) is 27.2. The van der Waals surface area contributed by atoms with Crippen LogP contribution in [0.3, 0.4) is 0 Å². The Labute approximate surface area is 233 Å². The molecule has 10 heteroatoms. The van der Waals surface area contributed by atoms with Gasteiger partial charge in [0, 0.05) is 44.6 Å². The normalized spacial score (nSPS) is 14.2. The van der Waals surface area contributed by atoms with Gasteiger partial charge in [0.05, 0.1) is 17.4 Å². The highest BCUT2D eigenvalue weighted by Gasteiger charge is 2.22. The number of aromatic amines is 2. The molecule has 5 heterocycles. The number of carbonyl (C=O) groups excluding carboxylic acids is 1. The molecule has 40 heavy (non-hydrogen) atoms. The van der Waals surface area contributed by atoms with E-state index in [1.165, 1.54) is 17.4 Å². The van der Waals surface area contributed by atoms with Crippen LogP contribution in [0.4, 0.5) is 10.1 Å². The predicted molar refractivity (Wildman–Crippen MR) is 155 cm³/mol. The summed E-state index contributed by atoms with van der Waals surface area (Å²) in [4.78, 5) is 32.0. The number of halogens is 1. The van der Waals surface area contributed by atoms with Gasteiger partial charge in [-0.15, -0.1) is 11.3 Å². The van der Waals surface area contributed by atoms with Crippen molar-refractivity contribution < 1.29 is 9.18 Å². The highest BCUT2D eigenvalue weighted by atomic mass is 32.1. The van der Waals surface area contributed by atoms with Gasteiger partial charge in [-0.25, -0.2) is 14.4 Å². The van der Waals surface area contributed by atoms with Gasteiger partial charge in [-0.3, -0.25) is 14.9 Å². The van der Waals surface area contributed by atoms with Crippen LogP contribution in [0.1, 0.15) is 37.0 Å². The van der Waals surface area contributed by atoms with Crippen LogP contribution in [0.15, 0.2) is 55.0 Å². The number of imidazole rings is 1. The number of benzene rings is 1. The first kappa shape index (κ1) is 24.6. The molecule has 0 unspecified atom stereocenters. The Kier molecular flexibility index (Phi) is 6.11. The van der Waals surface area contributed by atoms with Crippen molar-refractivity contribution in [1.29, 1.82) is 0 Å². The molecule has 1 saturated carbocycles. The van der Waals surface area contributed by atoms with E-state index >= 15 is 4.39 Å². The fraction of sp³-hybridized carbons (Fsp3) is 0.233. The molecule has 0 radical (unpaired) electrons. The Bertz CT molecular complexity index is 1880. The Morgan fingerprint density at radius 2 is 1.95 bits per heavy atom. The number of aromatic nitrogens is 6. The molecule has 7 rings (SSSR count). The molecule has 3 N–H and O–H groups in total. The Morgan fingerprint density at radius 3 is 2.77 bits per heavy atom. The van der Waals surface area contributed by atoms with E-state index in [9.17, 15) is 4.79 Å². The summed E-state index contributed by atoms with van der Waals surface area (Å²) in [6, 6.07) is 11.3. The second-order valence-corrected chi connectivity index (χ2v) is 11.6. The fourth-order valence-electron chi connectivity index (χ4n) is 5.51. The highest BCUT2D eigenvalue weighted by molar-refractivity contribution is 7.15. The number of H-pyrrole nitrogens is 2. The van der Waals surface area contributed by atoms with Crippen LogP contribution in [0.25, 0.3) is 55.2 Å². The molecule has 0 saturated heterocycles. The third kappa shape index (κ3) is 4.44. The molecule has 1 amide bonds. The zero-order valence-corrected chi connectivity index (χ0v) is 22.6. The van der Waals surface area contributed by atoms with Gasteiger partial charge in [0.2, 0.25) is 5.91 Å². The summed E-state index contributed by atoms with van der Waals surface area (Å²) >= 11 is 1.70. The van der Waals surface area contributed by atoms with E-state index < -0.39 is 5.82 Å². The van der Waals surface area contributed by atoms with E-state index in [0.29, 0.717) is 39.4 Å². The molecule has 1 aromatic carbocycles. The van der Waals surface area contributed by atoms with E-state index in [1.54, 1.807) is 29.9 Å². The van der Waals surface area contributed by atoms with E-state index in [2.05, 4.69) is 49.5 Å². The second-order valence-electron chi connectivity index (χ2n) is 10.3. The molecule has 1 aliphatic carbocycles. The second kappa shape index (κ2) is 9.95. The third-order valence-electron chi connectivity index (χ3n) is 7.56. The third-order valence-corrected chi connectivity index (χ3v) is 8.60. The van der Waals surface area contributed by atoms with Gasteiger partial charge in [-0.1, -0.05) is 19.3 Å². The number of nitrogens with one attached hydrogen (secondary N) is 3. The van der Waals surface area contributed by atoms with Crippen molar-refractivity contribution >= 4 is 45.0 Å². The minimum atomic E-state index is -0.462. The molecule has 200 valence electrons. The lowest BCUT2D eigenvalue weighted by molar-refractivity contribution is -0.120. The number of thiophene rings is 1. The van der Waals surface area contributed by atoms with E-state index in [4.69, 9.17) is 4.98 Å². The van der Waals surface area contributed by atoms with Crippen molar-refractivity contribution in [1.82, 2.24) is 30.1 Å². The van der Waals surface area contributed by atoms with Crippen LogP contribution >= 0.6 is 11.3 Å². The van der Waals surface area contributed by atoms with Crippen molar-refractivity contribution in [2.75, 3.05) is 5.32 Å². The lowest BCUT2D eigenvalue weighted by Crippen LogP contribution is -2.24. The summed E-state index contributed by atoms with van der Waals surface area (Å²) in [7, 11) is 0. The summed E-state index contributed by atoms with van der Waals surface area (Å²) in [5, 5.41) is 10.8. The van der Waals surface area contributed by atoms with Gasteiger partial charge in [0.15, 0.2) is 17.3 Å². The van der Waals surface area contributed by atoms with Crippen LogP contribution < -0.4 is 5.32 Å². The van der Waals surface area contributed by atoms with Crippen LogP contribution in [-0.2, 0) is 4.79 Å². The minimum absolute atomic E-state index is 0.0213. The van der Waals surface area contributed by atoms with Crippen LogP contribution in [-0.4, -0.2) is 36.0 Å². The number of rotatable bonds is 5. The maximum Gasteiger partial charge on any atom is 0.227 e. The number of nitrogens with zero attached hydrogens (tertiary/aromatic N) is 4. The molecule has 0 bridgehead atoms. The van der Waals surface area contributed by atoms with Crippen molar-refractivity contribution in [2.24, 2.45) is 5.92 Å². The Balaban J connectivity index is 1.25. The van der Waals surface area contributed by atoms with Gasteiger partial charge < -0.3 is 10.3 Å². The van der Waals surface area contributed by atoms with Gasteiger partial charge in [0.25, 0.3) is 0 Å². The Hall–Kier alpha value is -4.44. The first-order valence-electron chi connectivity index (χ1n) is 13.4. The number of fused-ring (bicyclic) bond motifs is 2. The van der Waals surface area contributed by atoms with Crippen LogP contribution in [0.5, 0.6) is 0 Å². The molecule has 5 aromatic heterocycles. The number of anilines is 1. The average Bonchev–Trinajstić information content (AvgIpc) is 3.71. The highest BCUT2D eigenvalue weighted by Crippen LogP contribution is 2.36. The first-order valence-corrected chi connectivity index (χ1v) is 14.2. The molecular weight excluding hydrogens is 525 g/mol. The van der Waals surface area contributed by atoms with Gasteiger partial charge in [-0.2, -0.15) is 5.10 Å². The van der Waals surface area contributed by atoms with E-state index in [1.807, 2.05) is 18.2 Å². The largest absolute Gasteiger partial charge is 0.335 e. The zero-order valence-electron chi connectivity index (χ0n) is 21.8.